The second-order valence-electron chi connectivity index (χ2n) is 7.49. The number of carbonyl (C=O) groups is 1. The number of imidazole rings is 1. The van der Waals surface area contributed by atoms with Crippen molar-refractivity contribution in [2.45, 2.75) is 32.4 Å². The van der Waals surface area contributed by atoms with Crippen LogP contribution in [0, 0.1) is 0 Å². The standard InChI is InChI=1S/C21H24N4O3S/c1-15-12-17-13-16(8-9-19(17)25(15)29(2,27)28)21(26)22-10-5-11-24-14-23-18-6-3-4-7-20(18)24/h3-4,6-9,13-15H,5,10-12H2,1-2H3,(H,22,26). The van der Waals surface area contributed by atoms with Crippen molar-refractivity contribution in [2.75, 3.05) is 17.1 Å². The molecule has 0 saturated carbocycles. The third kappa shape index (κ3) is 3.85. The Kier molecular flexibility index (Phi) is 5.04. The zero-order valence-electron chi connectivity index (χ0n) is 16.5. The van der Waals surface area contributed by atoms with Crippen LogP contribution in [0.4, 0.5) is 5.69 Å². The molecule has 4 rings (SSSR count). The van der Waals surface area contributed by atoms with Crippen LogP contribution in [0.25, 0.3) is 11.0 Å². The molecule has 2 aromatic carbocycles. The molecular weight excluding hydrogens is 388 g/mol. The number of aryl methyl sites for hydroxylation is 1. The fourth-order valence-electron chi connectivity index (χ4n) is 3.99. The molecule has 1 amide bonds. The van der Waals surface area contributed by atoms with E-state index in [4.69, 9.17) is 0 Å². The number of carbonyl (C=O) groups excluding carboxylic acids is 1. The van der Waals surface area contributed by atoms with Crippen LogP contribution in [0.1, 0.15) is 29.3 Å². The molecule has 1 aliphatic rings. The Hall–Kier alpha value is -2.87. The van der Waals surface area contributed by atoms with E-state index in [1.54, 1.807) is 18.2 Å². The number of aromatic nitrogens is 2. The summed E-state index contributed by atoms with van der Waals surface area (Å²) in [6.07, 6.45) is 4.43. The summed E-state index contributed by atoms with van der Waals surface area (Å²) in [5.41, 5.74) is 4.16. The number of nitrogens with zero attached hydrogens (tertiary/aromatic N) is 3. The van der Waals surface area contributed by atoms with Gasteiger partial charge in [0.15, 0.2) is 0 Å². The minimum Gasteiger partial charge on any atom is -0.352 e. The highest BCUT2D eigenvalue weighted by Crippen LogP contribution is 2.34. The first-order chi connectivity index (χ1) is 13.8. The SMILES string of the molecule is CC1Cc2cc(C(=O)NCCCn3cnc4ccccc43)ccc2N1S(C)(=O)=O. The number of rotatable bonds is 6. The molecule has 152 valence electrons. The Morgan fingerprint density at radius 2 is 2.03 bits per heavy atom. The van der Waals surface area contributed by atoms with E-state index in [1.807, 2.05) is 37.5 Å². The lowest BCUT2D eigenvalue weighted by Gasteiger charge is -2.21. The van der Waals surface area contributed by atoms with Gasteiger partial charge in [-0.05, 0) is 55.7 Å². The largest absolute Gasteiger partial charge is 0.352 e. The Bertz CT molecular complexity index is 1170. The van der Waals surface area contributed by atoms with Gasteiger partial charge in [0.25, 0.3) is 5.91 Å². The highest BCUT2D eigenvalue weighted by molar-refractivity contribution is 7.92. The average Bonchev–Trinajstić information content (AvgIpc) is 3.24. The highest BCUT2D eigenvalue weighted by atomic mass is 32.2. The molecule has 0 bridgehead atoms. The van der Waals surface area contributed by atoms with Gasteiger partial charge >= 0.3 is 0 Å². The van der Waals surface area contributed by atoms with E-state index in [1.165, 1.54) is 10.6 Å². The van der Waals surface area contributed by atoms with E-state index >= 15 is 0 Å². The zero-order chi connectivity index (χ0) is 20.6. The maximum atomic E-state index is 12.5. The Labute approximate surface area is 170 Å². The summed E-state index contributed by atoms with van der Waals surface area (Å²) >= 11 is 0. The van der Waals surface area contributed by atoms with E-state index in [2.05, 4.69) is 14.9 Å². The van der Waals surface area contributed by atoms with Crippen LogP contribution in [-0.2, 0) is 23.0 Å². The third-order valence-electron chi connectivity index (χ3n) is 5.24. The van der Waals surface area contributed by atoms with Gasteiger partial charge in [0.1, 0.15) is 0 Å². The van der Waals surface area contributed by atoms with Crippen LogP contribution in [0.2, 0.25) is 0 Å². The minimum absolute atomic E-state index is 0.136. The van der Waals surface area contributed by atoms with Crippen molar-refractivity contribution in [2.24, 2.45) is 0 Å². The molecule has 8 heteroatoms. The summed E-state index contributed by atoms with van der Waals surface area (Å²) in [5.74, 6) is -0.145. The van der Waals surface area contributed by atoms with Crippen LogP contribution in [-0.4, -0.2) is 42.7 Å². The normalized spacial score (nSPS) is 16.2. The fraction of sp³-hybridized carbons (Fsp3) is 0.333. The molecule has 2 heterocycles. The van der Waals surface area contributed by atoms with Crippen LogP contribution in [0.15, 0.2) is 48.8 Å². The van der Waals surface area contributed by atoms with Crippen LogP contribution < -0.4 is 9.62 Å². The summed E-state index contributed by atoms with van der Waals surface area (Å²) in [6.45, 7) is 3.20. The topological polar surface area (TPSA) is 84.3 Å². The maximum absolute atomic E-state index is 12.5. The summed E-state index contributed by atoms with van der Waals surface area (Å²) in [4.78, 5) is 16.9. The summed E-state index contributed by atoms with van der Waals surface area (Å²) in [7, 11) is -3.33. The lowest BCUT2D eigenvalue weighted by atomic mass is 10.1. The van der Waals surface area contributed by atoms with Crippen molar-refractivity contribution in [3.63, 3.8) is 0 Å². The molecule has 0 radical (unpaired) electrons. The lowest BCUT2D eigenvalue weighted by molar-refractivity contribution is 0.0952. The number of hydrogen-bond donors (Lipinski definition) is 1. The molecular formula is C21H24N4O3S. The van der Waals surface area contributed by atoms with Gasteiger partial charge in [0, 0.05) is 24.7 Å². The van der Waals surface area contributed by atoms with Gasteiger partial charge in [0.2, 0.25) is 10.0 Å². The smallest absolute Gasteiger partial charge is 0.251 e. The first kappa shape index (κ1) is 19.4. The number of nitrogens with one attached hydrogen (secondary N) is 1. The summed E-state index contributed by atoms with van der Waals surface area (Å²) in [5, 5.41) is 2.95. The molecule has 0 aliphatic carbocycles. The first-order valence-corrected chi connectivity index (χ1v) is 11.5. The van der Waals surface area contributed by atoms with Gasteiger partial charge in [0.05, 0.1) is 29.3 Å². The fourth-order valence-corrected chi connectivity index (χ4v) is 5.25. The number of amides is 1. The molecule has 0 saturated heterocycles. The number of anilines is 1. The number of fused-ring (bicyclic) bond motifs is 2. The van der Waals surface area contributed by atoms with Gasteiger partial charge < -0.3 is 9.88 Å². The number of hydrogen-bond acceptors (Lipinski definition) is 4. The van der Waals surface area contributed by atoms with Crippen LogP contribution in [0.3, 0.4) is 0 Å². The molecule has 1 atom stereocenters. The Morgan fingerprint density at radius 1 is 1.24 bits per heavy atom. The second-order valence-corrected chi connectivity index (χ2v) is 9.35. The van der Waals surface area contributed by atoms with E-state index in [-0.39, 0.29) is 11.9 Å². The number of sulfonamides is 1. The average molecular weight is 413 g/mol. The van der Waals surface area contributed by atoms with Crippen molar-refractivity contribution in [3.05, 3.63) is 59.9 Å². The first-order valence-electron chi connectivity index (χ1n) is 9.65. The molecule has 0 spiro atoms. The zero-order valence-corrected chi connectivity index (χ0v) is 17.3. The molecule has 7 nitrogen and oxygen atoms in total. The van der Waals surface area contributed by atoms with E-state index < -0.39 is 10.0 Å². The van der Waals surface area contributed by atoms with Gasteiger partial charge in [-0.3, -0.25) is 9.10 Å². The van der Waals surface area contributed by atoms with Gasteiger partial charge in [-0.2, -0.15) is 0 Å². The quantitative estimate of drug-likeness (QED) is 0.631. The minimum atomic E-state index is -3.33. The summed E-state index contributed by atoms with van der Waals surface area (Å²) in [6, 6.07) is 13.0. The highest BCUT2D eigenvalue weighted by Gasteiger charge is 2.32. The van der Waals surface area contributed by atoms with Crippen molar-refractivity contribution < 1.29 is 13.2 Å². The van der Waals surface area contributed by atoms with Crippen molar-refractivity contribution >= 4 is 32.7 Å². The van der Waals surface area contributed by atoms with Crippen molar-refractivity contribution in [3.8, 4) is 0 Å². The molecule has 29 heavy (non-hydrogen) atoms. The van der Waals surface area contributed by atoms with E-state index in [9.17, 15) is 13.2 Å². The van der Waals surface area contributed by atoms with Gasteiger partial charge in [-0.25, -0.2) is 13.4 Å². The predicted molar refractivity (Wildman–Crippen MR) is 114 cm³/mol. The van der Waals surface area contributed by atoms with Gasteiger partial charge in [-0.15, -0.1) is 0 Å². The number of para-hydroxylation sites is 2. The Morgan fingerprint density at radius 3 is 2.83 bits per heavy atom. The molecule has 0 fully saturated rings. The lowest BCUT2D eigenvalue weighted by Crippen LogP contribution is -2.34. The van der Waals surface area contributed by atoms with Gasteiger partial charge in [-0.1, -0.05) is 12.1 Å². The predicted octanol–water partition coefficient (Wildman–Crippen LogP) is 2.57. The maximum Gasteiger partial charge on any atom is 0.251 e. The molecule has 1 aromatic heterocycles. The van der Waals surface area contributed by atoms with Crippen molar-refractivity contribution in [1.82, 2.24) is 14.9 Å². The van der Waals surface area contributed by atoms with Crippen LogP contribution in [0.5, 0.6) is 0 Å². The van der Waals surface area contributed by atoms with E-state index in [0.717, 1.165) is 29.6 Å². The monoisotopic (exact) mass is 412 g/mol. The summed E-state index contributed by atoms with van der Waals surface area (Å²) < 4.78 is 27.6. The van der Waals surface area contributed by atoms with E-state index in [0.29, 0.717) is 24.2 Å². The number of benzene rings is 2. The molecule has 1 unspecified atom stereocenters. The molecule has 1 N–H and O–H groups in total. The molecule has 3 aromatic rings. The van der Waals surface area contributed by atoms with Crippen molar-refractivity contribution in [1.29, 1.82) is 0 Å². The second kappa shape index (κ2) is 7.51. The molecule has 1 aliphatic heterocycles. The Balaban J connectivity index is 1.37. The third-order valence-corrected chi connectivity index (χ3v) is 6.51. The van der Waals surface area contributed by atoms with Crippen LogP contribution >= 0.6 is 0 Å².